The normalized spacial score (nSPS) is 11.9. The summed E-state index contributed by atoms with van der Waals surface area (Å²) in [6.07, 6.45) is 15.4. The van der Waals surface area contributed by atoms with E-state index in [0.29, 0.717) is 23.4 Å². The van der Waals surface area contributed by atoms with Crippen molar-refractivity contribution in [2.24, 2.45) is 10.2 Å². The van der Waals surface area contributed by atoms with Crippen molar-refractivity contribution in [1.29, 1.82) is 0 Å². The number of halogens is 4. The maximum absolute atomic E-state index is 13.2. The van der Waals surface area contributed by atoms with Gasteiger partial charge >= 0.3 is 6.18 Å². The zero-order valence-corrected chi connectivity index (χ0v) is 28.2. The number of benzene rings is 3. The maximum atomic E-state index is 13.2. The Kier molecular flexibility index (Phi) is 15.8. The molecule has 0 aromatic heterocycles. The lowest BCUT2D eigenvalue weighted by molar-refractivity contribution is -0.384. The number of unbranched alkanes of at least 4 members (excludes halogenated alkanes) is 15. The molecule has 0 amide bonds. The van der Waals surface area contributed by atoms with Gasteiger partial charge in [-0.3, -0.25) is 10.1 Å². The van der Waals surface area contributed by atoms with Crippen LogP contribution in [-0.2, 0) is 6.18 Å². The lowest BCUT2D eigenvalue weighted by Crippen LogP contribution is -2.05. The Labute approximate surface area is 277 Å². The Balaban J connectivity index is 1.50. The van der Waals surface area contributed by atoms with Gasteiger partial charge in [-0.05, 0) is 28.4 Å². The minimum atomic E-state index is -4.77. The number of nitro benzene ring substituents is 1. The van der Waals surface area contributed by atoms with Crippen LogP contribution < -0.4 is 4.74 Å². The van der Waals surface area contributed by atoms with Crippen LogP contribution in [-0.4, -0.2) is 16.6 Å². The second-order valence-corrected chi connectivity index (χ2v) is 12.6. The SMILES string of the molecule is CCCCCCCCCCCCCCCCCCOc1cc(/N=N/c2c(Br)cc(C(F)(F)F)cc2[N+](=O)[O-])c2ccccc2c1O. The van der Waals surface area contributed by atoms with E-state index in [1.165, 1.54) is 89.5 Å². The lowest BCUT2D eigenvalue weighted by Gasteiger charge is -2.12. The molecule has 3 aromatic rings. The predicted octanol–water partition coefficient (Wildman–Crippen LogP) is 13.3. The standard InChI is InChI=1S/C35H45BrF3N3O4/c1-2-3-4-5-6-7-8-9-10-11-12-13-14-15-16-19-22-46-32-25-30(27-20-17-18-21-28(27)34(32)43)40-41-33-29(36)23-26(35(37,38)39)24-31(33)42(44)45/h17-18,20-21,23-25,43H,2-16,19,22H2,1H3/b41-40+. The number of hydrogen-bond acceptors (Lipinski definition) is 6. The van der Waals surface area contributed by atoms with Gasteiger partial charge in [0.15, 0.2) is 17.2 Å². The van der Waals surface area contributed by atoms with Crippen LogP contribution in [0.5, 0.6) is 11.5 Å². The summed E-state index contributed by atoms with van der Waals surface area (Å²) < 4.78 is 45.4. The van der Waals surface area contributed by atoms with Gasteiger partial charge in [0.25, 0.3) is 5.69 Å². The third kappa shape index (κ3) is 11.9. The van der Waals surface area contributed by atoms with Crippen LogP contribution >= 0.6 is 15.9 Å². The molecule has 0 aliphatic heterocycles. The largest absolute Gasteiger partial charge is 0.504 e. The number of nitro groups is 1. The van der Waals surface area contributed by atoms with Gasteiger partial charge in [0.2, 0.25) is 0 Å². The summed E-state index contributed by atoms with van der Waals surface area (Å²) in [6.45, 7) is 2.64. The Morgan fingerprint density at radius 1 is 0.804 bits per heavy atom. The summed E-state index contributed by atoms with van der Waals surface area (Å²) in [7, 11) is 0. The average Bonchev–Trinajstić information content (AvgIpc) is 3.02. The molecule has 0 heterocycles. The molecule has 3 aromatic carbocycles. The molecule has 0 aliphatic rings. The van der Waals surface area contributed by atoms with Crippen LogP contribution in [0.2, 0.25) is 0 Å². The van der Waals surface area contributed by atoms with Crippen molar-refractivity contribution in [2.75, 3.05) is 6.61 Å². The van der Waals surface area contributed by atoms with Crippen molar-refractivity contribution in [3.05, 3.63) is 62.6 Å². The lowest BCUT2D eigenvalue weighted by atomic mass is 10.0. The van der Waals surface area contributed by atoms with Crippen molar-refractivity contribution in [2.45, 2.75) is 116 Å². The number of phenols is 1. The second kappa shape index (κ2) is 19.5. The molecule has 0 radical (unpaired) electrons. The summed E-state index contributed by atoms with van der Waals surface area (Å²) in [5.41, 5.74) is -2.12. The fourth-order valence-electron chi connectivity index (χ4n) is 5.43. The molecule has 0 bridgehead atoms. The Morgan fingerprint density at radius 3 is 1.85 bits per heavy atom. The summed E-state index contributed by atoms with van der Waals surface area (Å²) in [5, 5.41) is 31.5. The first-order chi connectivity index (χ1) is 22.1. The molecular formula is C35H45BrF3N3O4. The minimum Gasteiger partial charge on any atom is -0.504 e. The van der Waals surface area contributed by atoms with Crippen molar-refractivity contribution < 1.29 is 27.9 Å². The molecule has 252 valence electrons. The third-order valence-corrected chi connectivity index (χ3v) is 8.64. The Hall–Kier alpha value is -3.21. The molecule has 3 rings (SSSR count). The average molecular weight is 709 g/mol. The number of nitrogens with zero attached hydrogens (tertiary/aromatic N) is 3. The summed E-state index contributed by atoms with van der Waals surface area (Å²) >= 11 is 2.98. The van der Waals surface area contributed by atoms with E-state index in [1.54, 1.807) is 24.3 Å². The molecule has 11 heteroatoms. The fourth-order valence-corrected chi connectivity index (χ4v) is 5.96. The first-order valence-electron chi connectivity index (χ1n) is 16.5. The highest BCUT2D eigenvalue weighted by molar-refractivity contribution is 9.10. The highest BCUT2D eigenvalue weighted by atomic mass is 79.9. The quantitative estimate of drug-likeness (QED) is 0.0515. The van der Waals surface area contributed by atoms with Crippen LogP contribution in [0.25, 0.3) is 10.8 Å². The molecule has 46 heavy (non-hydrogen) atoms. The van der Waals surface area contributed by atoms with Crippen molar-refractivity contribution in [3.63, 3.8) is 0 Å². The van der Waals surface area contributed by atoms with E-state index in [2.05, 4.69) is 33.1 Å². The number of hydrogen-bond donors (Lipinski definition) is 1. The van der Waals surface area contributed by atoms with E-state index >= 15 is 0 Å². The molecule has 0 saturated heterocycles. The highest BCUT2D eigenvalue weighted by Crippen LogP contribution is 2.44. The van der Waals surface area contributed by atoms with E-state index in [1.807, 2.05) is 0 Å². The molecule has 0 aliphatic carbocycles. The minimum absolute atomic E-state index is 0.0623. The topological polar surface area (TPSA) is 97.3 Å². The van der Waals surface area contributed by atoms with E-state index in [9.17, 15) is 28.4 Å². The first kappa shape index (κ1) is 37.2. The summed E-state index contributed by atoms with van der Waals surface area (Å²) in [6, 6.07) is 9.48. The number of azo groups is 1. The van der Waals surface area contributed by atoms with Crippen LogP contribution in [0.3, 0.4) is 0 Å². The molecule has 0 saturated carbocycles. The zero-order chi connectivity index (χ0) is 33.4. The number of alkyl halides is 3. The van der Waals surface area contributed by atoms with Crippen molar-refractivity contribution in [3.8, 4) is 11.5 Å². The fraction of sp³-hybridized carbons (Fsp3) is 0.543. The summed E-state index contributed by atoms with van der Waals surface area (Å²) in [4.78, 5) is 10.6. The first-order valence-corrected chi connectivity index (χ1v) is 17.3. The van der Waals surface area contributed by atoms with Crippen molar-refractivity contribution >= 4 is 43.8 Å². The number of rotatable bonds is 21. The van der Waals surface area contributed by atoms with Gasteiger partial charge in [0.1, 0.15) is 0 Å². The predicted molar refractivity (Wildman–Crippen MR) is 181 cm³/mol. The van der Waals surface area contributed by atoms with Gasteiger partial charge in [0, 0.05) is 22.9 Å². The Morgan fingerprint density at radius 2 is 1.33 bits per heavy atom. The maximum Gasteiger partial charge on any atom is 0.416 e. The van der Waals surface area contributed by atoms with Gasteiger partial charge in [-0.15, -0.1) is 10.2 Å². The molecular weight excluding hydrogens is 663 g/mol. The van der Waals surface area contributed by atoms with E-state index in [-0.39, 0.29) is 27.3 Å². The van der Waals surface area contributed by atoms with Crippen molar-refractivity contribution in [1.82, 2.24) is 0 Å². The second-order valence-electron chi connectivity index (χ2n) is 11.7. The van der Waals surface area contributed by atoms with Crippen LogP contribution in [0.15, 0.2) is 57.2 Å². The molecule has 0 fully saturated rings. The number of phenolic OH excluding ortho intramolecular Hbond substituents is 1. The molecule has 1 N–H and O–H groups in total. The smallest absolute Gasteiger partial charge is 0.416 e. The molecule has 7 nitrogen and oxygen atoms in total. The Bertz CT molecular complexity index is 1430. The van der Waals surface area contributed by atoms with Crippen LogP contribution in [0, 0.1) is 10.1 Å². The highest BCUT2D eigenvalue weighted by Gasteiger charge is 2.34. The molecule has 0 unspecified atom stereocenters. The van der Waals surface area contributed by atoms with Gasteiger partial charge in [-0.2, -0.15) is 13.2 Å². The third-order valence-electron chi connectivity index (χ3n) is 8.04. The molecule has 0 atom stereocenters. The molecule has 0 spiro atoms. The monoisotopic (exact) mass is 707 g/mol. The van der Waals surface area contributed by atoms with Gasteiger partial charge in [-0.1, -0.05) is 128 Å². The number of fused-ring (bicyclic) bond motifs is 1. The van der Waals surface area contributed by atoms with E-state index in [4.69, 9.17) is 4.74 Å². The number of aromatic hydroxyl groups is 1. The van der Waals surface area contributed by atoms with Gasteiger partial charge in [-0.25, -0.2) is 0 Å². The van der Waals surface area contributed by atoms with Crippen LogP contribution in [0.4, 0.5) is 30.2 Å². The van der Waals surface area contributed by atoms with Gasteiger partial charge in [0.05, 0.1) is 27.3 Å². The van der Waals surface area contributed by atoms with Crippen LogP contribution in [0.1, 0.15) is 115 Å². The van der Waals surface area contributed by atoms with E-state index in [0.717, 1.165) is 25.3 Å². The number of ether oxygens (including phenoxy) is 1. The zero-order valence-electron chi connectivity index (χ0n) is 26.6. The van der Waals surface area contributed by atoms with E-state index < -0.39 is 22.4 Å². The summed E-state index contributed by atoms with van der Waals surface area (Å²) in [5.74, 6) is 0.127. The van der Waals surface area contributed by atoms with Gasteiger partial charge < -0.3 is 9.84 Å².